The molecule has 0 radical (unpaired) electrons. The summed E-state index contributed by atoms with van der Waals surface area (Å²) in [6.45, 7) is 7.73. The van der Waals surface area contributed by atoms with Crippen LogP contribution in [0.3, 0.4) is 0 Å². The zero-order valence-corrected chi connectivity index (χ0v) is 22.2. The molecule has 0 saturated heterocycles. The van der Waals surface area contributed by atoms with Crippen molar-refractivity contribution in [2.24, 2.45) is 5.92 Å². The van der Waals surface area contributed by atoms with Crippen molar-refractivity contribution in [3.05, 3.63) is 70.0 Å². The number of tetrazole rings is 1. The maximum absolute atomic E-state index is 13.3. The Balaban J connectivity index is 1.53. The lowest BCUT2D eigenvalue weighted by Gasteiger charge is -2.33. The number of pyridine rings is 2. The lowest BCUT2D eigenvalue weighted by Crippen LogP contribution is -2.35. The van der Waals surface area contributed by atoms with Gasteiger partial charge in [-0.25, -0.2) is 4.68 Å². The van der Waals surface area contributed by atoms with Crippen molar-refractivity contribution in [3.8, 4) is 11.5 Å². The molecule has 12 nitrogen and oxygen atoms in total. The number of hydrogen-bond acceptors (Lipinski definition) is 10. The lowest BCUT2D eigenvalue weighted by atomic mass is 9.99. The van der Waals surface area contributed by atoms with Gasteiger partial charge >= 0.3 is 5.97 Å². The van der Waals surface area contributed by atoms with Crippen molar-refractivity contribution in [1.82, 2.24) is 35.1 Å². The van der Waals surface area contributed by atoms with E-state index in [1.807, 2.05) is 24.3 Å². The molecule has 204 valence electrons. The molecule has 1 aliphatic rings. The molecule has 0 amide bonds. The molecule has 0 bridgehead atoms. The Morgan fingerprint density at radius 1 is 1.18 bits per heavy atom. The molecule has 1 N–H and O–H groups in total. The van der Waals surface area contributed by atoms with Gasteiger partial charge in [-0.2, -0.15) is 0 Å². The zero-order chi connectivity index (χ0) is 27.4. The van der Waals surface area contributed by atoms with E-state index in [-0.39, 0.29) is 30.7 Å². The van der Waals surface area contributed by atoms with E-state index in [0.717, 1.165) is 10.9 Å². The number of esters is 1. The molecule has 5 rings (SSSR count). The number of ether oxygens (including phenoxy) is 3. The molecule has 0 spiro atoms. The molecular formula is C27H31N7O5. The number of aromatic amines is 1. The van der Waals surface area contributed by atoms with Gasteiger partial charge < -0.3 is 19.2 Å². The predicted molar refractivity (Wildman–Crippen MR) is 141 cm³/mol. The van der Waals surface area contributed by atoms with Crippen LogP contribution in [0, 0.1) is 5.92 Å². The average molecular weight is 534 g/mol. The van der Waals surface area contributed by atoms with Crippen LogP contribution < -0.4 is 15.0 Å². The molecule has 1 aliphatic heterocycles. The summed E-state index contributed by atoms with van der Waals surface area (Å²) in [4.78, 5) is 34.9. The molecule has 1 aromatic carbocycles. The van der Waals surface area contributed by atoms with E-state index >= 15 is 0 Å². The second kappa shape index (κ2) is 11.6. The Morgan fingerprint density at radius 2 is 1.97 bits per heavy atom. The third-order valence-electron chi connectivity index (χ3n) is 6.50. The van der Waals surface area contributed by atoms with Gasteiger partial charge in [-0.3, -0.25) is 19.5 Å². The van der Waals surface area contributed by atoms with E-state index in [1.165, 1.54) is 4.68 Å². The number of H-pyrrole nitrogens is 1. The highest BCUT2D eigenvalue weighted by Gasteiger charge is 2.31. The first-order chi connectivity index (χ1) is 18.9. The van der Waals surface area contributed by atoms with Crippen molar-refractivity contribution < 1.29 is 19.0 Å². The lowest BCUT2D eigenvalue weighted by molar-refractivity contribution is -0.144. The van der Waals surface area contributed by atoms with Gasteiger partial charge in [-0.05, 0) is 47.0 Å². The average Bonchev–Trinajstić information content (AvgIpc) is 3.35. The van der Waals surface area contributed by atoms with Crippen LogP contribution in [0.4, 0.5) is 0 Å². The Hall–Kier alpha value is -4.32. The Labute approximate surface area is 224 Å². The Bertz CT molecular complexity index is 1500. The number of hydrogen-bond donors (Lipinski definition) is 1. The molecule has 4 heterocycles. The molecule has 0 fully saturated rings. The first-order valence-corrected chi connectivity index (χ1v) is 12.9. The van der Waals surface area contributed by atoms with Crippen LogP contribution in [0.5, 0.6) is 11.5 Å². The smallest absolute Gasteiger partial charge is 0.327 e. The summed E-state index contributed by atoms with van der Waals surface area (Å²) in [6.07, 6.45) is 3.51. The molecule has 12 heteroatoms. The van der Waals surface area contributed by atoms with Gasteiger partial charge in [0.25, 0.3) is 5.56 Å². The summed E-state index contributed by atoms with van der Waals surface area (Å²) in [6, 6.07) is 9.08. The van der Waals surface area contributed by atoms with Crippen molar-refractivity contribution in [3.63, 3.8) is 0 Å². The molecule has 0 aliphatic carbocycles. The Morgan fingerprint density at radius 3 is 2.69 bits per heavy atom. The van der Waals surface area contributed by atoms with Gasteiger partial charge in [-0.1, -0.05) is 19.9 Å². The fourth-order valence-corrected chi connectivity index (χ4v) is 4.85. The van der Waals surface area contributed by atoms with Gasteiger partial charge in [-0.15, -0.1) is 5.10 Å². The van der Waals surface area contributed by atoms with Crippen LogP contribution in [0.15, 0.2) is 47.5 Å². The van der Waals surface area contributed by atoms with E-state index < -0.39 is 5.97 Å². The minimum atomic E-state index is -0.423. The minimum Gasteiger partial charge on any atom is -0.486 e. The number of fused-ring (bicyclic) bond motifs is 2. The number of carbonyl (C=O) groups is 1. The molecule has 0 unspecified atom stereocenters. The second-order valence-electron chi connectivity index (χ2n) is 9.66. The first kappa shape index (κ1) is 26.3. The summed E-state index contributed by atoms with van der Waals surface area (Å²) < 4.78 is 18.0. The van der Waals surface area contributed by atoms with Crippen molar-refractivity contribution in [1.29, 1.82) is 0 Å². The second-order valence-corrected chi connectivity index (χ2v) is 9.66. The number of nitrogens with one attached hydrogen (secondary N) is 1. The molecule has 39 heavy (non-hydrogen) atoms. The molecule has 3 aromatic heterocycles. The molecule has 4 aromatic rings. The third-order valence-corrected chi connectivity index (χ3v) is 6.50. The number of aromatic nitrogens is 6. The highest BCUT2D eigenvalue weighted by molar-refractivity contribution is 5.83. The van der Waals surface area contributed by atoms with E-state index in [9.17, 15) is 9.59 Å². The maximum Gasteiger partial charge on any atom is 0.327 e. The number of benzene rings is 1. The molecular weight excluding hydrogens is 502 g/mol. The van der Waals surface area contributed by atoms with Crippen LogP contribution in [0.25, 0.3) is 10.9 Å². The van der Waals surface area contributed by atoms with E-state index in [1.54, 1.807) is 25.4 Å². The monoisotopic (exact) mass is 533 g/mol. The van der Waals surface area contributed by atoms with Gasteiger partial charge in [0, 0.05) is 42.5 Å². The van der Waals surface area contributed by atoms with Crippen LogP contribution in [-0.2, 0) is 29.2 Å². The van der Waals surface area contributed by atoms with Crippen molar-refractivity contribution in [2.45, 2.75) is 46.4 Å². The zero-order valence-electron chi connectivity index (χ0n) is 22.2. The fourth-order valence-electron chi connectivity index (χ4n) is 4.85. The SMILES string of the molecule is CCOC(=O)Cn1nnnc1[C@H](C(C)C)N(Cc1cccnc1)Cc1cc2cc3c(cc2[nH]c1=O)OCCO3. The first-order valence-electron chi connectivity index (χ1n) is 12.9. The van der Waals surface area contributed by atoms with Crippen LogP contribution >= 0.6 is 0 Å². The standard InChI is InChI=1S/C27H31N7O5/c1-4-37-24(35)16-34-26(30-31-32-34)25(17(2)3)33(14-18-6-5-7-28-13-18)15-20-10-19-11-22-23(39-9-8-38-22)12-21(19)29-27(20)36/h5-7,10-13,17,25H,4,8-9,14-16H2,1-3H3,(H,29,36)/t25-/m0/s1. The summed E-state index contributed by atoms with van der Waals surface area (Å²) in [5.41, 5.74) is 2.00. The number of nitrogens with zero attached hydrogens (tertiary/aromatic N) is 6. The van der Waals surface area contributed by atoms with Crippen LogP contribution in [0.2, 0.25) is 0 Å². The topological polar surface area (TPSA) is 137 Å². The van der Waals surface area contributed by atoms with Gasteiger partial charge in [0.15, 0.2) is 17.3 Å². The molecule has 1 atom stereocenters. The van der Waals surface area contributed by atoms with E-state index in [2.05, 4.69) is 44.2 Å². The quantitative estimate of drug-likeness (QED) is 0.303. The number of rotatable bonds is 10. The predicted octanol–water partition coefficient (Wildman–Crippen LogP) is 2.64. The van der Waals surface area contributed by atoms with Gasteiger partial charge in [0.2, 0.25) is 0 Å². The largest absolute Gasteiger partial charge is 0.486 e. The highest BCUT2D eigenvalue weighted by Crippen LogP contribution is 2.34. The van der Waals surface area contributed by atoms with Crippen molar-refractivity contribution in [2.75, 3.05) is 19.8 Å². The van der Waals surface area contributed by atoms with Crippen molar-refractivity contribution >= 4 is 16.9 Å². The fraction of sp³-hybridized carbons (Fsp3) is 0.407. The summed E-state index contributed by atoms with van der Waals surface area (Å²) in [5, 5.41) is 13.0. The summed E-state index contributed by atoms with van der Waals surface area (Å²) >= 11 is 0. The highest BCUT2D eigenvalue weighted by atomic mass is 16.6. The summed E-state index contributed by atoms with van der Waals surface area (Å²) in [5.74, 6) is 1.39. The normalized spacial score (nSPS) is 13.7. The summed E-state index contributed by atoms with van der Waals surface area (Å²) in [7, 11) is 0. The van der Waals surface area contributed by atoms with Gasteiger partial charge in [0.05, 0.1) is 18.2 Å². The maximum atomic E-state index is 13.3. The molecule has 0 saturated carbocycles. The Kier molecular flexibility index (Phi) is 7.82. The van der Waals surface area contributed by atoms with Crippen LogP contribution in [0.1, 0.15) is 43.8 Å². The van der Waals surface area contributed by atoms with Crippen LogP contribution in [-0.4, -0.2) is 60.9 Å². The van der Waals surface area contributed by atoms with E-state index in [4.69, 9.17) is 14.2 Å². The third kappa shape index (κ3) is 5.90. The number of carbonyl (C=O) groups excluding carboxylic acids is 1. The van der Waals surface area contributed by atoms with E-state index in [0.29, 0.717) is 54.7 Å². The van der Waals surface area contributed by atoms with Gasteiger partial charge in [0.1, 0.15) is 19.8 Å². The minimum absolute atomic E-state index is 0.0331.